The molecule has 0 aliphatic rings. The maximum atomic E-state index is 13.4. The third-order valence-electron chi connectivity index (χ3n) is 5.21. The topological polar surface area (TPSA) is 96.8 Å². The van der Waals surface area contributed by atoms with Crippen LogP contribution in [-0.2, 0) is 32.3 Å². The summed E-state index contributed by atoms with van der Waals surface area (Å²) in [6.07, 6.45) is 2.74. The van der Waals surface area contributed by atoms with Crippen LogP contribution in [0.3, 0.4) is 0 Å². The molecule has 182 valence electrons. The van der Waals surface area contributed by atoms with Gasteiger partial charge in [-0.15, -0.1) is 0 Å². The first-order valence-electron chi connectivity index (χ1n) is 11.0. The molecule has 0 spiro atoms. The number of hydrogen-bond acceptors (Lipinski definition) is 6. The molecule has 0 unspecified atom stereocenters. The SMILES string of the molecule is [C-]#[N+]c1c(-c2ccccc2)n(CCCOS(C)(=O)=O)c2c(=O)n(COCC[Si](C)(C)C)cnc12. The first kappa shape index (κ1) is 25.8. The Morgan fingerprint density at radius 3 is 2.47 bits per heavy atom. The van der Waals surface area contributed by atoms with Crippen LogP contribution in [0.1, 0.15) is 6.42 Å². The summed E-state index contributed by atoms with van der Waals surface area (Å²) in [6.45, 7) is 15.4. The Kier molecular flexibility index (Phi) is 8.09. The number of aryl methyl sites for hydroxylation is 1. The third kappa shape index (κ3) is 6.42. The number of fused-ring (bicyclic) bond motifs is 1. The fraction of sp³-hybridized carbons (Fsp3) is 0.435. The van der Waals surface area contributed by atoms with Gasteiger partial charge in [0.25, 0.3) is 15.7 Å². The normalized spacial score (nSPS) is 12.2. The van der Waals surface area contributed by atoms with E-state index in [1.807, 2.05) is 30.3 Å². The van der Waals surface area contributed by atoms with E-state index in [-0.39, 0.29) is 31.1 Å². The molecule has 0 atom stereocenters. The molecule has 3 aromatic rings. The van der Waals surface area contributed by atoms with Crippen molar-refractivity contribution >= 4 is 34.9 Å². The molecule has 2 aromatic heterocycles. The highest BCUT2D eigenvalue weighted by Crippen LogP contribution is 2.38. The van der Waals surface area contributed by atoms with E-state index in [1.165, 1.54) is 10.9 Å². The maximum absolute atomic E-state index is 13.4. The number of hydrogen-bond donors (Lipinski definition) is 0. The summed E-state index contributed by atoms with van der Waals surface area (Å²) < 4.78 is 36.4. The van der Waals surface area contributed by atoms with E-state index in [0.717, 1.165) is 17.9 Å². The summed E-state index contributed by atoms with van der Waals surface area (Å²) in [5.41, 5.74) is 1.94. The highest BCUT2D eigenvalue weighted by Gasteiger charge is 2.23. The third-order valence-corrected chi connectivity index (χ3v) is 7.51. The standard InChI is InChI=1S/C23H30N4O5SSi/c1-24-19-20-22(23(28)26(16-25-20)17-31-14-15-34(3,4)5)27(12-9-13-32-33(2,29)30)21(19)18-10-7-6-8-11-18/h6-8,10-11,16H,9,12-15,17H2,2-5H3. The van der Waals surface area contributed by atoms with Crippen LogP contribution in [0.2, 0.25) is 25.7 Å². The second-order valence-electron chi connectivity index (χ2n) is 9.27. The molecule has 0 aliphatic heterocycles. The van der Waals surface area contributed by atoms with Crippen molar-refractivity contribution in [1.29, 1.82) is 0 Å². The molecule has 0 fully saturated rings. The summed E-state index contributed by atoms with van der Waals surface area (Å²) in [5.74, 6) is 0. The van der Waals surface area contributed by atoms with Crippen molar-refractivity contribution in [3.05, 3.63) is 58.4 Å². The average molecular weight is 503 g/mol. The average Bonchev–Trinajstić information content (AvgIpc) is 3.09. The summed E-state index contributed by atoms with van der Waals surface area (Å²) in [7, 11) is -4.83. The summed E-state index contributed by atoms with van der Waals surface area (Å²) in [6, 6.07) is 10.3. The molecule has 0 saturated carbocycles. The monoisotopic (exact) mass is 502 g/mol. The summed E-state index contributed by atoms with van der Waals surface area (Å²) in [4.78, 5) is 21.6. The quantitative estimate of drug-likeness (QED) is 0.170. The molecule has 11 heteroatoms. The van der Waals surface area contributed by atoms with Crippen LogP contribution in [0.4, 0.5) is 5.69 Å². The van der Waals surface area contributed by atoms with Gasteiger partial charge in [-0.05, 0) is 18.0 Å². The van der Waals surface area contributed by atoms with Crippen LogP contribution in [0, 0.1) is 6.57 Å². The van der Waals surface area contributed by atoms with Gasteiger partial charge in [-0.1, -0.05) is 50.0 Å². The highest BCUT2D eigenvalue weighted by molar-refractivity contribution is 7.85. The van der Waals surface area contributed by atoms with Gasteiger partial charge in [0.2, 0.25) is 5.69 Å². The Bertz CT molecular complexity index is 1350. The lowest BCUT2D eigenvalue weighted by atomic mass is 10.1. The van der Waals surface area contributed by atoms with Crippen LogP contribution in [0.15, 0.2) is 41.5 Å². The van der Waals surface area contributed by atoms with Crippen molar-refractivity contribution in [2.75, 3.05) is 19.5 Å². The van der Waals surface area contributed by atoms with E-state index in [0.29, 0.717) is 29.8 Å². The van der Waals surface area contributed by atoms with Crippen LogP contribution in [0.25, 0.3) is 27.1 Å². The summed E-state index contributed by atoms with van der Waals surface area (Å²) >= 11 is 0. The smallest absolute Gasteiger partial charge is 0.278 e. The first-order valence-corrected chi connectivity index (χ1v) is 16.5. The van der Waals surface area contributed by atoms with Crippen molar-refractivity contribution < 1.29 is 17.3 Å². The lowest BCUT2D eigenvalue weighted by molar-refractivity contribution is 0.0843. The van der Waals surface area contributed by atoms with E-state index in [4.69, 9.17) is 15.5 Å². The predicted octanol–water partition coefficient (Wildman–Crippen LogP) is 4.09. The Morgan fingerprint density at radius 1 is 1.15 bits per heavy atom. The number of nitrogens with zero attached hydrogens (tertiary/aromatic N) is 4. The van der Waals surface area contributed by atoms with Crippen molar-refractivity contribution in [2.45, 2.75) is 45.4 Å². The van der Waals surface area contributed by atoms with Gasteiger partial charge in [-0.25, -0.2) is 9.83 Å². The van der Waals surface area contributed by atoms with Crippen LogP contribution in [0.5, 0.6) is 0 Å². The van der Waals surface area contributed by atoms with Gasteiger partial charge in [0.15, 0.2) is 0 Å². The van der Waals surface area contributed by atoms with E-state index < -0.39 is 18.2 Å². The van der Waals surface area contributed by atoms with E-state index in [1.54, 1.807) is 4.57 Å². The Hall–Kier alpha value is -2.78. The van der Waals surface area contributed by atoms with Crippen molar-refractivity contribution in [1.82, 2.24) is 14.1 Å². The second kappa shape index (κ2) is 10.6. The minimum absolute atomic E-state index is 0.0334. The van der Waals surface area contributed by atoms with Crippen LogP contribution in [-0.4, -0.2) is 50.1 Å². The van der Waals surface area contributed by atoms with Gasteiger partial charge in [-0.2, -0.15) is 8.42 Å². The van der Waals surface area contributed by atoms with E-state index >= 15 is 0 Å². The molecule has 0 amide bonds. The van der Waals surface area contributed by atoms with Gasteiger partial charge in [0.05, 0.1) is 31.5 Å². The van der Waals surface area contributed by atoms with Crippen molar-refractivity contribution in [3.8, 4) is 11.3 Å². The molecule has 0 bridgehead atoms. The minimum Gasteiger partial charge on any atom is -0.361 e. The second-order valence-corrected chi connectivity index (χ2v) is 16.5. The van der Waals surface area contributed by atoms with E-state index in [9.17, 15) is 13.2 Å². The minimum atomic E-state index is -3.57. The van der Waals surface area contributed by atoms with Gasteiger partial charge in [-0.3, -0.25) is 13.5 Å². The first-order chi connectivity index (χ1) is 16.0. The number of rotatable bonds is 11. The summed E-state index contributed by atoms with van der Waals surface area (Å²) in [5, 5.41) is 0. The molecule has 2 heterocycles. The number of ether oxygens (including phenoxy) is 1. The Labute approximate surface area is 200 Å². The largest absolute Gasteiger partial charge is 0.361 e. The molecule has 0 N–H and O–H groups in total. The number of aromatic nitrogens is 3. The van der Waals surface area contributed by atoms with Gasteiger partial charge >= 0.3 is 0 Å². The molecular formula is C23H30N4O5SSi. The zero-order chi connectivity index (χ0) is 24.9. The van der Waals surface area contributed by atoms with Gasteiger partial charge < -0.3 is 9.30 Å². The number of benzene rings is 1. The molecule has 1 aromatic carbocycles. The molecule has 34 heavy (non-hydrogen) atoms. The molecule has 9 nitrogen and oxygen atoms in total. The Morgan fingerprint density at radius 2 is 1.85 bits per heavy atom. The maximum Gasteiger partial charge on any atom is 0.278 e. The zero-order valence-electron chi connectivity index (χ0n) is 19.9. The predicted molar refractivity (Wildman–Crippen MR) is 135 cm³/mol. The van der Waals surface area contributed by atoms with E-state index in [2.05, 4.69) is 29.5 Å². The lowest BCUT2D eigenvalue weighted by Gasteiger charge is -2.16. The highest BCUT2D eigenvalue weighted by atomic mass is 32.2. The molecule has 0 saturated heterocycles. The molecule has 0 radical (unpaired) electrons. The fourth-order valence-electron chi connectivity index (χ4n) is 3.53. The van der Waals surface area contributed by atoms with Crippen molar-refractivity contribution in [3.63, 3.8) is 0 Å². The Balaban J connectivity index is 2.04. The fourth-order valence-corrected chi connectivity index (χ4v) is 4.71. The molecule has 3 rings (SSSR count). The molecular weight excluding hydrogens is 472 g/mol. The lowest BCUT2D eigenvalue weighted by Crippen LogP contribution is -2.26. The molecule has 0 aliphatic carbocycles. The van der Waals surface area contributed by atoms with Crippen molar-refractivity contribution in [2.24, 2.45) is 0 Å². The van der Waals surface area contributed by atoms with Gasteiger partial charge in [0.1, 0.15) is 17.8 Å². The van der Waals surface area contributed by atoms with Crippen LogP contribution < -0.4 is 5.56 Å². The zero-order valence-corrected chi connectivity index (χ0v) is 21.8. The van der Waals surface area contributed by atoms with Gasteiger partial charge in [0, 0.05) is 21.2 Å². The van der Waals surface area contributed by atoms with Crippen LogP contribution >= 0.6 is 0 Å².